The molecule has 0 N–H and O–H groups in total. The summed E-state index contributed by atoms with van der Waals surface area (Å²) in [5.41, 5.74) is -0.258. The van der Waals surface area contributed by atoms with Gasteiger partial charge < -0.3 is 9.47 Å². The fourth-order valence-corrected chi connectivity index (χ4v) is 3.70. The van der Waals surface area contributed by atoms with Crippen LogP contribution < -0.4 is 9.47 Å². The van der Waals surface area contributed by atoms with Gasteiger partial charge in [-0.1, -0.05) is 48.5 Å². The number of hydrogen-bond acceptors (Lipinski definition) is 5. The van der Waals surface area contributed by atoms with Gasteiger partial charge >= 0.3 is 11.9 Å². The van der Waals surface area contributed by atoms with Crippen molar-refractivity contribution in [2.45, 2.75) is 6.18 Å². The maximum Gasteiger partial charge on any atom is 0.416 e. The lowest BCUT2D eigenvalue weighted by molar-refractivity contribution is -0.385. The molecule has 0 unspecified atom stereocenters. The first-order valence-corrected chi connectivity index (χ1v) is 10.5. The van der Waals surface area contributed by atoms with E-state index in [0.717, 1.165) is 22.4 Å². The highest BCUT2D eigenvalue weighted by Crippen LogP contribution is 2.40. The Morgan fingerprint density at radius 2 is 1.69 bits per heavy atom. The van der Waals surface area contributed by atoms with Gasteiger partial charge in [0, 0.05) is 11.6 Å². The summed E-state index contributed by atoms with van der Waals surface area (Å²) in [6, 6.07) is 22.2. The van der Waals surface area contributed by atoms with Gasteiger partial charge in [-0.2, -0.15) is 18.4 Å². The number of nitro groups is 1. The second-order valence-corrected chi connectivity index (χ2v) is 7.65. The summed E-state index contributed by atoms with van der Waals surface area (Å²) in [6.07, 6.45) is -3.08. The van der Waals surface area contributed by atoms with Gasteiger partial charge in [0.15, 0.2) is 11.5 Å². The Kier molecular flexibility index (Phi) is 6.61. The summed E-state index contributed by atoms with van der Waals surface area (Å²) in [7, 11) is 1.35. The number of rotatable bonds is 6. The SMILES string of the molecule is COc1cc(/C=C(/C#N)c2cccc3ccccc23)ccc1Oc1ccc(C(F)(F)F)cc1[N+](=O)[O-]. The molecule has 9 heteroatoms. The molecular weight excluding hydrogens is 473 g/mol. The van der Waals surface area contributed by atoms with Gasteiger partial charge in [0.2, 0.25) is 5.75 Å². The van der Waals surface area contributed by atoms with Crippen LogP contribution in [0.15, 0.2) is 78.9 Å². The second kappa shape index (κ2) is 9.80. The van der Waals surface area contributed by atoms with Crippen LogP contribution in [0.5, 0.6) is 17.2 Å². The Morgan fingerprint density at radius 1 is 0.972 bits per heavy atom. The lowest BCUT2D eigenvalue weighted by Crippen LogP contribution is -2.06. The van der Waals surface area contributed by atoms with Gasteiger partial charge in [-0.05, 0) is 46.7 Å². The molecule has 0 saturated carbocycles. The molecule has 0 radical (unpaired) electrons. The number of nitro benzene ring substituents is 1. The van der Waals surface area contributed by atoms with Crippen LogP contribution in [0.3, 0.4) is 0 Å². The van der Waals surface area contributed by atoms with E-state index in [2.05, 4.69) is 6.07 Å². The second-order valence-electron chi connectivity index (χ2n) is 7.65. The summed E-state index contributed by atoms with van der Waals surface area (Å²) in [5.74, 6) is -0.141. The fourth-order valence-electron chi connectivity index (χ4n) is 3.70. The van der Waals surface area contributed by atoms with E-state index in [9.17, 15) is 28.5 Å². The van der Waals surface area contributed by atoms with Gasteiger partial charge in [0.1, 0.15) is 0 Å². The Balaban J connectivity index is 1.71. The van der Waals surface area contributed by atoms with Crippen molar-refractivity contribution in [1.82, 2.24) is 0 Å². The molecular formula is C27H17F3N2O4. The maximum absolute atomic E-state index is 13.0. The first kappa shape index (κ1) is 24.3. The van der Waals surface area contributed by atoms with Gasteiger partial charge in [-0.25, -0.2) is 0 Å². The molecule has 0 aliphatic carbocycles. The van der Waals surface area contributed by atoms with Crippen molar-refractivity contribution >= 4 is 28.1 Å². The molecule has 0 fully saturated rings. The smallest absolute Gasteiger partial charge is 0.416 e. The van der Waals surface area contributed by atoms with Crippen LogP contribution in [-0.2, 0) is 6.18 Å². The van der Waals surface area contributed by atoms with Crippen molar-refractivity contribution in [3.8, 4) is 23.3 Å². The molecule has 0 aliphatic heterocycles. The predicted molar refractivity (Wildman–Crippen MR) is 129 cm³/mol. The van der Waals surface area contributed by atoms with Crippen LogP contribution in [-0.4, -0.2) is 12.0 Å². The zero-order valence-corrected chi connectivity index (χ0v) is 18.7. The summed E-state index contributed by atoms with van der Waals surface area (Å²) in [5, 5.41) is 23.1. The van der Waals surface area contributed by atoms with Crippen LogP contribution in [0.2, 0.25) is 0 Å². The summed E-state index contributed by atoms with van der Waals surface area (Å²) >= 11 is 0. The van der Waals surface area contributed by atoms with E-state index >= 15 is 0 Å². The molecule has 36 heavy (non-hydrogen) atoms. The zero-order valence-electron chi connectivity index (χ0n) is 18.7. The molecule has 0 atom stereocenters. The van der Waals surface area contributed by atoms with Crippen molar-refractivity contribution in [1.29, 1.82) is 5.26 Å². The zero-order chi connectivity index (χ0) is 25.9. The fraction of sp³-hybridized carbons (Fsp3) is 0.0741. The lowest BCUT2D eigenvalue weighted by atomic mass is 9.97. The van der Waals surface area contributed by atoms with Crippen LogP contribution in [0.1, 0.15) is 16.7 Å². The largest absolute Gasteiger partial charge is 0.493 e. The van der Waals surface area contributed by atoms with E-state index in [1.807, 2.05) is 42.5 Å². The topological polar surface area (TPSA) is 85.4 Å². The monoisotopic (exact) mass is 490 g/mol. The van der Waals surface area contributed by atoms with E-state index in [-0.39, 0.29) is 17.2 Å². The normalized spacial score (nSPS) is 11.7. The molecule has 0 heterocycles. The number of nitrogens with zero attached hydrogens (tertiary/aromatic N) is 2. The van der Waals surface area contributed by atoms with E-state index in [1.54, 1.807) is 18.2 Å². The van der Waals surface area contributed by atoms with Crippen molar-refractivity contribution in [3.05, 3.63) is 106 Å². The molecule has 0 saturated heterocycles. The van der Waals surface area contributed by atoms with Crippen molar-refractivity contribution in [2.24, 2.45) is 0 Å². The molecule has 0 aromatic heterocycles. The first-order valence-electron chi connectivity index (χ1n) is 10.5. The summed E-state index contributed by atoms with van der Waals surface area (Å²) < 4.78 is 49.9. The number of fused-ring (bicyclic) bond motifs is 1. The number of halogens is 3. The van der Waals surface area contributed by atoms with E-state index in [0.29, 0.717) is 23.3 Å². The predicted octanol–water partition coefficient (Wildman–Crippen LogP) is 7.63. The molecule has 180 valence electrons. The standard InChI is InChI=1S/C27H17F3N2O4/c1-35-26-14-17(13-19(16-31)22-8-4-6-18-5-2-3-7-21(18)22)9-11-25(26)36-24-12-10-20(27(28,29)30)15-23(24)32(33)34/h2-15H,1H3/b19-13-. The average Bonchev–Trinajstić information content (AvgIpc) is 2.87. The number of ether oxygens (including phenoxy) is 2. The average molecular weight is 490 g/mol. The summed E-state index contributed by atoms with van der Waals surface area (Å²) in [6.45, 7) is 0. The Morgan fingerprint density at radius 3 is 2.39 bits per heavy atom. The molecule has 0 bridgehead atoms. The molecule has 4 aromatic rings. The lowest BCUT2D eigenvalue weighted by Gasteiger charge is -2.13. The summed E-state index contributed by atoms with van der Waals surface area (Å²) in [4.78, 5) is 10.4. The van der Waals surface area contributed by atoms with Gasteiger partial charge in [-0.3, -0.25) is 10.1 Å². The molecule has 4 rings (SSSR count). The minimum atomic E-state index is -4.74. The molecule has 4 aromatic carbocycles. The van der Waals surface area contributed by atoms with E-state index in [4.69, 9.17) is 9.47 Å². The highest BCUT2D eigenvalue weighted by atomic mass is 19.4. The van der Waals surface area contributed by atoms with Crippen molar-refractivity contribution < 1.29 is 27.6 Å². The van der Waals surface area contributed by atoms with Crippen LogP contribution in [0.4, 0.5) is 18.9 Å². The van der Waals surface area contributed by atoms with Crippen molar-refractivity contribution in [2.75, 3.05) is 7.11 Å². The third-order valence-electron chi connectivity index (χ3n) is 5.40. The highest BCUT2D eigenvalue weighted by molar-refractivity contribution is 6.01. The van der Waals surface area contributed by atoms with Crippen LogP contribution >= 0.6 is 0 Å². The molecule has 0 spiro atoms. The van der Waals surface area contributed by atoms with Crippen LogP contribution in [0, 0.1) is 21.4 Å². The third kappa shape index (κ3) is 4.98. The van der Waals surface area contributed by atoms with Gasteiger partial charge in [0.25, 0.3) is 0 Å². The number of methoxy groups -OCH3 is 1. The number of allylic oxidation sites excluding steroid dienone is 1. The number of hydrogen-bond donors (Lipinski definition) is 0. The molecule has 0 aliphatic rings. The number of benzene rings is 4. The number of nitriles is 1. The Hall–Kier alpha value is -4.84. The highest BCUT2D eigenvalue weighted by Gasteiger charge is 2.33. The van der Waals surface area contributed by atoms with E-state index in [1.165, 1.54) is 13.2 Å². The Bertz CT molecular complexity index is 1530. The molecule has 0 amide bonds. The maximum atomic E-state index is 13.0. The van der Waals surface area contributed by atoms with Gasteiger partial charge in [-0.15, -0.1) is 0 Å². The third-order valence-corrected chi connectivity index (χ3v) is 5.40. The Labute approximate surface area is 203 Å². The minimum Gasteiger partial charge on any atom is -0.493 e. The first-order chi connectivity index (χ1) is 17.2. The minimum absolute atomic E-state index is 0.0566. The van der Waals surface area contributed by atoms with Crippen LogP contribution in [0.25, 0.3) is 22.4 Å². The van der Waals surface area contributed by atoms with Crippen molar-refractivity contribution in [3.63, 3.8) is 0 Å². The molecule has 6 nitrogen and oxygen atoms in total. The van der Waals surface area contributed by atoms with Gasteiger partial charge in [0.05, 0.1) is 29.2 Å². The quantitative estimate of drug-likeness (QED) is 0.120. The van der Waals surface area contributed by atoms with E-state index < -0.39 is 22.4 Å². The number of alkyl halides is 3.